The van der Waals surface area contributed by atoms with Crippen LogP contribution in [-0.2, 0) is 0 Å². The summed E-state index contributed by atoms with van der Waals surface area (Å²) in [6, 6.07) is 3.49. The van der Waals surface area contributed by atoms with E-state index in [1.165, 1.54) is 20.4 Å². The third kappa shape index (κ3) is 2.38. The molecule has 1 N–H and O–H groups in total. The van der Waals surface area contributed by atoms with E-state index in [1.807, 2.05) is 0 Å². The quantitative estimate of drug-likeness (QED) is 0.867. The van der Waals surface area contributed by atoms with Gasteiger partial charge in [-0.15, -0.1) is 0 Å². The highest BCUT2D eigenvalue weighted by molar-refractivity contribution is 5.31. The van der Waals surface area contributed by atoms with E-state index < -0.39 is 6.10 Å². The molecule has 0 fully saturated rings. The molecule has 0 aliphatic carbocycles. The fourth-order valence-corrected chi connectivity index (χ4v) is 1.50. The van der Waals surface area contributed by atoms with E-state index in [-0.39, 0.29) is 5.88 Å². The Morgan fingerprint density at radius 2 is 2.06 bits per heavy atom. The first-order valence-electron chi connectivity index (χ1n) is 5.29. The van der Waals surface area contributed by atoms with Crippen LogP contribution in [0.5, 0.6) is 11.8 Å². The first kappa shape index (κ1) is 12.3. The Morgan fingerprint density at radius 1 is 1.22 bits per heavy atom. The van der Waals surface area contributed by atoms with Crippen LogP contribution < -0.4 is 9.47 Å². The Hall–Kier alpha value is -2.21. The van der Waals surface area contributed by atoms with Crippen LogP contribution in [0.1, 0.15) is 17.4 Å². The van der Waals surface area contributed by atoms with Crippen LogP contribution in [0, 0.1) is 0 Å². The summed E-state index contributed by atoms with van der Waals surface area (Å²) in [5, 5.41) is 10.2. The van der Waals surface area contributed by atoms with E-state index in [0.717, 1.165) is 0 Å². The molecule has 6 heteroatoms. The molecule has 2 heterocycles. The van der Waals surface area contributed by atoms with Gasteiger partial charge < -0.3 is 14.6 Å². The molecule has 0 saturated carbocycles. The van der Waals surface area contributed by atoms with E-state index in [1.54, 1.807) is 24.5 Å². The molecule has 0 spiro atoms. The van der Waals surface area contributed by atoms with Gasteiger partial charge in [0.05, 0.1) is 20.4 Å². The number of hydrogen-bond acceptors (Lipinski definition) is 6. The molecule has 0 saturated heterocycles. The molecule has 1 unspecified atom stereocenters. The van der Waals surface area contributed by atoms with Gasteiger partial charge in [-0.2, -0.15) is 4.98 Å². The number of nitrogens with zero attached hydrogens (tertiary/aromatic N) is 3. The number of methoxy groups -OCH3 is 2. The zero-order chi connectivity index (χ0) is 13.0. The lowest BCUT2D eigenvalue weighted by Crippen LogP contribution is -2.07. The summed E-state index contributed by atoms with van der Waals surface area (Å²) in [6.45, 7) is 0. The molecular formula is C12H13N3O3. The third-order valence-corrected chi connectivity index (χ3v) is 2.41. The molecule has 0 bridgehead atoms. The second-order valence-electron chi connectivity index (χ2n) is 3.50. The summed E-state index contributed by atoms with van der Waals surface area (Å²) in [7, 11) is 2.95. The van der Waals surface area contributed by atoms with Crippen molar-refractivity contribution in [3.8, 4) is 11.8 Å². The molecule has 6 nitrogen and oxygen atoms in total. The van der Waals surface area contributed by atoms with Crippen LogP contribution in [0.2, 0.25) is 0 Å². The summed E-state index contributed by atoms with van der Waals surface area (Å²) < 4.78 is 10.0. The van der Waals surface area contributed by atoms with Crippen molar-refractivity contribution < 1.29 is 14.6 Å². The van der Waals surface area contributed by atoms with Gasteiger partial charge in [-0.1, -0.05) is 6.07 Å². The minimum Gasteiger partial charge on any atom is -0.480 e. The number of aliphatic hydroxyl groups excluding tert-OH is 1. The van der Waals surface area contributed by atoms with Gasteiger partial charge in [-0.3, -0.25) is 4.98 Å². The van der Waals surface area contributed by atoms with Crippen molar-refractivity contribution >= 4 is 0 Å². The maximum absolute atomic E-state index is 10.2. The maximum Gasteiger partial charge on any atom is 0.241 e. The highest BCUT2D eigenvalue weighted by Gasteiger charge is 2.19. The van der Waals surface area contributed by atoms with Gasteiger partial charge in [0, 0.05) is 18.0 Å². The van der Waals surface area contributed by atoms with Gasteiger partial charge >= 0.3 is 0 Å². The van der Waals surface area contributed by atoms with Gasteiger partial charge in [-0.05, 0) is 6.07 Å². The molecule has 0 aliphatic heterocycles. The molecule has 0 radical (unpaired) electrons. The SMILES string of the molecule is COc1cnc(C(O)c2cccnc2)c(OC)n1. The summed E-state index contributed by atoms with van der Waals surface area (Å²) in [5.74, 6) is 0.555. The summed E-state index contributed by atoms with van der Waals surface area (Å²) in [4.78, 5) is 12.1. The monoisotopic (exact) mass is 247 g/mol. The minimum absolute atomic E-state index is 0.228. The normalized spacial score (nSPS) is 11.9. The zero-order valence-corrected chi connectivity index (χ0v) is 10.1. The summed E-state index contributed by atoms with van der Waals surface area (Å²) in [5.41, 5.74) is 0.946. The Balaban J connectivity index is 2.38. The van der Waals surface area contributed by atoms with Gasteiger partial charge in [0.15, 0.2) is 0 Å². The maximum atomic E-state index is 10.2. The molecule has 94 valence electrons. The van der Waals surface area contributed by atoms with Crippen molar-refractivity contribution in [1.29, 1.82) is 0 Å². The van der Waals surface area contributed by atoms with Crippen LogP contribution in [0.25, 0.3) is 0 Å². The van der Waals surface area contributed by atoms with E-state index in [4.69, 9.17) is 9.47 Å². The van der Waals surface area contributed by atoms with E-state index in [2.05, 4.69) is 15.0 Å². The smallest absolute Gasteiger partial charge is 0.241 e. The van der Waals surface area contributed by atoms with Crippen molar-refractivity contribution in [1.82, 2.24) is 15.0 Å². The van der Waals surface area contributed by atoms with Crippen LogP contribution in [0.4, 0.5) is 0 Å². The van der Waals surface area contributed by atoms with Gasteiger partial charge in [-0.25, -0.2) is 4.98 Å². The molecule has 0 aliphatic rings. The number of aromatic nitrogens is 3. The second-order valence-corrected chi connectivity index (χ2v) is 3.50. The molecule has 2 aromatic rings. The van der Waals surface area contributed by atoms with Crippen LogP contribution >= 0.6 is 0 Å². The standard InChI is InChI=1S/C12H13N3O3/c1-17-9-7-14-10(12(15-9)18-2)11(16)8-4-3-5-13-6-8/h3-7,11,16H,1-2H3. The van der Waals surface area contributed by atoms with Crippen molar-refractivity contribution in [3.05, 3.63) is 42.0 Å². The average molecular weight is 247 g/mol. The lowest BCUT2D eigenvalue weighted by atomic mass is 10.1. The van der Waals surface area contributed by atoms with Crippen LogP contribution in [0.15, 0.2) is 30.7 Å². The second kappa shape index (κ2) is 5.42. The van der Waals surface area contributed by atoms with E-state index in [0.29, 0.717) is 17.1 Å². The van der Waals surface area contributed by atoms with E-state index >= 15 is 0 Å². The first-order chi connectivity index (χ1) is 8.76. The topological polar surface area (TPSA) is 77.4 Å². The Bertz CT molecular complexity index is 519. The number of rotatable bonds is 4. The molecule has 2 rings (SSSR count). The van der Waals surface area contributed by atoms with Crippen LogP contribution in [0.3, 0.4) is 0 Å². The lowest BCUT2D eigenvalue weighted by Gasteiger charge is -2.13. The fraction of sp³-hybridized carbons (Fsp3) is 0.250. The van der Waals surface area contributed by atoms with Crippen molar-refractivity contribution in [2.75, 3.05) is 14.2 Å². The lowest BCUT2D eigenvalue weighted by molar-refractivity contribution is 0.206. The average Bonchev–Trinajstić information content (AvgIpc) is 2.46. The van der Waals surface area contributed by atoms with Crippen molar-refractivity contribution in [3.63, 3.8) is 0 Å². The Morgan fingerprint density at radius 3 is 2.67 bits per heavy atom. The fourth-order valence-electron chi connectivity index (χ4n) is 1.50. The van der Waals surface area contributed by atoms with Gasteiger partial charge in [0.1, 0.15) is 11.8 Å². The number of ether oxygens (including phenoxy) is 2. The molecule has 0 amide bonds. The Labute approximate surface area is 104 Å². The molecule has 1 atom stereocenters. The number of aliphatic hydroxyl groups is 1. The zero-order valence-electron chi connectivity index (χ0n) is 10.1. The summed E-state index contributed by atoms with van der Waals surface area (Å²) >= 11 is 0. The van der Waals surface area contributed by atoms with E-state index in [9.17, 15) is 5.11 Å². The molecular weight excluding hydrogens is 234 g/mol. The predicted molar refractivity (Wildman–Crippen MR) is 63.4 cm³/mol. The number of pyridine rings is 1. The third-order valence-electron chi connectivity index (χ3n) is 2.41. The Kier molecular flexibility index (Phi) is 3.69. The molecule has 18 heavy (non-hydrogen) atoms. The predicted octanol–water partition coefficient (Wildman–Crippen LogP) is 0.970. The van der Waals surface area contributed by atoms with Gasteiger partial charge in [0.25, 0.3) is 0 Å². The molecule has 0 aromatic carbocycles. The minimum atomic E-state index is -0.938. The number of hydrogen-bond donors (Lipinski definition) is 1. The van der Waals surface area contributed by atoms with Crippen molar-refractivity contribution in [2.24, 2.45) is 0 Å². The summed E-state index contributed by atoms with van der Waals surface area (Å²) in [6.07, 6.45) is 3.69. The first-order valence-corrected chi connectivity index (χ1v) is 5.29. The van der Waals surface area contributed by atoms with Crippen molar-refractivity contribution in [2.45, 2.75) is 6.10 Å². The highest BCUT2D eigenvalue weighted by atomic mass is 16.5. The van der Waals surface area contributed by atoms with Crippen LogP contribution in [-0.4, -0.2) is 34.3 Å². The highest BCUT2D eigenvalue weighted by Crippen LogP contribution is 2.27. The molecule has 2 aromatic heterocycles. The van der Waals surface area contributed by atoms with Gasteiger partial charge in [0.2, 0.25) is 11.8 Å². The largest absolute Gasteiger partial charge is 0.480 e.